The lowest BCUT2D eigenvalue weighted by Gasteiger charge is -1.94. The summed E-state index contributed by atoms with van der Waals surface area (Å²) in [6, 6.07) is 3.80. The second kappa shape index (κ2) is 4.20. The quantitative estimate of drug-likeness (QED) is 0.559. The van der Waals surface area contributed by atoms with Gasteiger partial charge in [-0.05, 0) is 12.1 Å². The van der Waals surface area contributed by atoms with Crippen LogP contribution in [0.15, 0.2) is 36.9 Å². The highest BCUT2D eigenvalue weighted by Crippen LogP contribution is 2.27. The van der Waals surface area contributed by atoms with Crippen LogP contribution in [0.3, 0.4) is 0 Å². The molecule has 0 aromatic carbocycles. The van der Waals surface area contributed by atoms with Crippen molar-refractivity contribution in [3.63, 3.8) is 0 Å². The van der Waals surface area contributed by atoms with Crippen LogP contribution in [0, 0.1) is 0 Å². The number of aromatic nitrogens is 7. The molecule has 4 aromatic rings. The van der Waals surface area contributed by atoms with Gasteiger partial charge in [-0.3, -0.25) is 9.67 Å². The average Bonchev–Trinajstić information content (AvgIpc) is 3.13. The molecule has 98 valence electrons. The summed E-state index contributed by atoms with van der Waals surface area (Å²) in [4.78, 5) is 4.85. The monoisotopic (exact) mass is 283 g/mol. The second-order valence-corrected chi connectivity index (χ2v) is 5.23. The molecule has 0 unspecified atom stereocenters. The van der Waals surface area contributed by atoms with Crippen LogP contribution < -0.4 is 0 Å². The van der Waals surface area contributed by atoms with E-state index in [1.54, 1.807) is 27.8 Å². The fraction of sp³-hybridized carbons (Fsp3) is 0.0833. The minimum absolute atomic E-state index is 0.694. The van der Waals surface area contributed by atoms with Crippen molar-refractivity contribution in [3.05, 3.63) is 36.9 Å². The van der Waals surface area contributed by atoms with Crippen LogP contribution in [0.5, 0.6) is 0 Å². The predicted octanol–water partition coefficient (Wildman–Crippen LogP) is 1.65. The molecule has 0 aliphatic carbocycles. The molecule has 0 aliphatic heterocycles. The highest BCUT2D eigenvalue weighted by atomic mass is 32.1. The van der Waals surface area contributed by atoms with Crippen LogP contribution in [0.1, 0.15) is 0 Å². The Hall–Kier alpha value is -2.61. The molecule has 0 N–H and O–H groups in total. The maximum atomic E-state index is 4.56. The van der Waals surface area contributed by atoms with Crippen LogP contribution in [-0.4, -0.2) is 34.6 Å². The standard InChI is InChI=1S/C12H9N7S/c1-18-7-9(6-14-18)11-17-19-10(15-16-12(19)20-11)8-3-2-4-13-5-8/h2-7H,1H3. The first kappa shape index (κ1) is 11.2. The van der Waals surface area contributed by atoms with Gasteiger partial charge in [-0.2, -0.15) is 14.7 Å². The van der Waals surface area contributed by atoms with Crippen LogP contribution in [0.4, 0.5) is 0 Å². The van der Waals surface area contributed by atoms with E-state index in [1.807, 2.05) is 25.4 Å². The van der Waals surface area contributed by atoms with E-state index >= 15 is 0 Å². The molecule has 0 bridgehead atoms. The molecule has 20 heavy (non-hydrogen) atoms. The van der Waals surface area contributed by atoms with Crippen LogP contribution in [0.2, 0.25) is 0 Å². The molecule has 0 spiro atoms. The van der Waals surface area contributed by atoms with Crippen molar-refractivity contribution >= 4 is 16.3 Å². The fourth-order valence-corrected chi connectivity index (χ4v) is 2.75. The van der Waals surface area contributed by atoms with Gasteiger partial charge in [0.1, 0.15) is 0 Å². The predicted molar refractivity (Wildman–Crippen MR) is 74.1 cm³/mol. The Morgan fingerprint density at radius 1 is 1.15 bits per heavy atom. The smallest absolute Gasteiger partial charge is 0.235 e. The zero-order valence-corrected chi connectivity index (χ0v) is 11.3. The molecule has 0 fully saturated rings. The Bertz CT molecular complexity index is 874. The lowest BCUT2D eigenvalue weighted by molar-refractivity contribution is 0.768. The molecule has 0 atom stereocenters. The number of pyridine rings is 1. The van der Waals surface area contributed by atoms with Crippen molar-refractivity contribution in [2.24, 2.45) is 7.05 Å². The van der Waals surface area contributed by atoms with Gasteiger partial charge in [0.05, 0.1) is 11.8 Å². The molecule has 0 saturated carbocycles. The maximum absolute atomic E-state index is 4.56. The van der Waals surface area contributed by atoms with Crippen LogP contribution >= 0.6 is 11.3 Å². The van der Waals surface area contributed by atoms with Gasteiger partial charge in [0.2, 0.25) is 4.96 Å². The molecule has 8 heteroatoms. The summed E-state index contributed by atoms with van der Waals surface area (Å²) in [6.45, 7) is 0. The van der Waals surface area contributed by atoms with Gasteiger partial charge < -0.3 is 0 Å². The Morgan fingerprint density at radius 2 is 2.10 bits per heavy atom. The molecular formula is C12H9N7S. The van der Waals surface area contributed by atoms with Crippen molar-refractivity contribution in [2.45, 2.75) is 0 Å². The van der Waals surface area contributed by atoms with E-state index in [-0.39, 0.29) is 0 Å². The lowest BCUT2D eigenvalue weighted by Crippen LogP contribution is -1.91. The first-order valence-electron chi connectivity index (χ1n) is 5.93. The molecule has 0 amide bonds. The summed E-state index contributed by atoms with van der Waals surface area (Å²) in [6.07, 6.45) is 7.19. The molecular weight excluding hydrogens is 274 g/mol. The molecule has 4 heterocycles. The third kappa shape index (κ3) is 1.69. The highest BCUT2D eigenvalue weighted by molar-refractivity contribution is 7.19. The van der Waals surface area contributed by atoms with Gasteiger partial charge >= 0.3 is 0 Å². The zero-order valence-electron chi connectivity index (χ0n) is 10.5. The summed E-state index contributed by atoms with van der Waals surface area (Å²) in [5, 5.41) is 17.9. The SMILES string of the molecule is Cn1cc(-c2nn3c(-c4cccnc4)nnc3s2)cn1. The van der Waals surface area contributed by atoms with Gasteiger partial charge in [0.25, 0.3) is 0 Å². The summed E-state index contributed by atoms with van der Waals surface area (Å²) in [5.41, 5.74) is 1.86. The number of fused-ring (bicyclic) bond motifs is 1. The van der Waals surface area contributed by atoms with Gasteiger partial charge in [0.15, 0.2) is 10.8 Å². The molecule has 0 aliphatic rings. The van der Waals surface area contributed by atoms with Gasteiger partial charge in [0, 0.05) is 31.2 Å². The normalized spacial score (nSPS) is 11.2. The largest absolute Gasteiger partial charge is 0.275 e. The van der Waals surface area contributed by atoms with E-state index in [1.165, 1.54) is 11.3 Å². The number of nitrogens with zero attached hydrogens (tertiary/aromatic N) is 7. The Kier molecular flexibility index (Phi) is 2.36. The Labute approximate surface area is 117 Å². The Balaban J connectivity index is 1.87. The van der Waals surface area contributed by atoms with E-state index in [0.717, 1.165) is 21.1 Å². The van der Waals surface area contributed by atoms with Gasteiger partial charge in [-0.1, -0.05) is 11.3 Å². The van der Waals surface area contributed by atoms with Gasteiger partial charge in [-0.25, -0.2) is 0 Å². The summed E-state index contributed by atoms with van der Waals surface area (Å²) in [7, 11) is 1.88. The average molecular weight is 283 g/mol. The van der Waals surface area contributed by atoms with E-state index in [2.05, 4.69) is 25.4 Å². The topological polar surface area (TPSA) is 73.8 Å². The van der Waals surface area contributed by atoms with Crippen molar-refractivity contribution in [2.75, 3.05) is 0 Å². The van der Waals surface area contributed by atoms with E-state index in [0.29, 0.717) is 5.82 Å². The summed E-state index contributed by atoms with van der Waals surface area (Å²) in [5.74, 6) is 0.694. The van der Waals surface area contributed by atoms with E-state index < -0.39 is 0 Å². The minimum atomic E-state index is 0.694. The summed E-state index contributed by atoms with van der Waals surface area (Å²) < 4.78 is 3.49. The van der Waals surface area contributed by atoms with Crippen molar-refractivity contribution in [3.8, 4) is 22.0 Å². The van der Waals surface area contributed by atoms with Crippen LogP contribution in [0.25, 0.3) is 26.9 Å². The van der Waals surface area contributed by atoms with Crippen LogP contribution in [-0.2, 0) is 7.05 Å². The number of hydrogen-bond acceptors (Lipinski definition) is 6. The third-order valence-electron chi connectivity index (χ3n) is 2.86. The summed E-state index contributed by atoms with van der Waals surface area (Å²) >= 11 is 1.48. The first-order valence-corrected chi connectivity index (χ1v) is 6.74. The number of rotatable bonds is 2. The molecule has 4 aromatic heterocycles. The second-order valence-electron chi connectivity index (χ2n) is 4.27. The minimum Gasteiger partial charge on any atom is -0.275 e. The molecule has 7 nitrogen and oxygen atoms in total. The lowest BCUT2D eigenvalue weighted by atomic mass is 10.3. The fourth-order valence-electron chi connectivity index (χ4n) is 1.94. The first-order chi connectivity index (χ1) is 9.81. The molecule has 0 radical (unpaired) electrons. The van der Waals surface area contributed by atoms with Crippen molar-refractivity contribution in [1.29, 1.82) is 0 Å². The number of hydrogen-bond donors (Lipinski definition) is 0. The van der Waals surface area contributed by atoms with E-state index in [4.69, 9.17) is 0 Å². The van der Waals surface area contributed by atoms with Gasteiger partial charge in [-0.15, -0.1) is 10.2 Å². The van der Waals surface area contributed by atoms with E-state index in [9.17, 15) is 0 Å². The number of aryl methyl sites for hydroxylation is 1. The molecule has 4 rings (SSSR count). The molecule has 0 saturated heterocycles. The Morgan fingerprint density at radius 3 is 2.85 bits per heavy atom. The van der Waals surface area contributed by atoms with Crippen molar-refractivity contribution in [1.82, 2.24) is 34.6 Å². The highest BCUT2D eigenvalue weighted by Gasteiger charge is 2.15. The maximum Gasteiger partial charge on any atom is 0.235 e. The zero-order chi connectivity index (χ0) is 13.5. The van der Waals surface area contributed by atoms with Crippen molar-refractivity contribution < 1.29 is 0 Å². The third-order valence-corrected chi connectivity index (χ3v) is 3.81.